The van der Waals surface area contributed by atoms with Crippen LogP contribution >= 0.6 is 11.6 Å². The quantitative estimate of drug-likeness (QED) is 0.311. The number of anilines is 2. The van der Waals surface area contributed by atoms with Gasteiger partial charge in [0.25, 0.3) is 5.91 Å². The Morgan fingerprint density at radius 2 is 1.98 bits per heavy atom. The summed E-state index contributed by atoms with van der Waals surface area (Å²) in [7, 11) is 0. The lowest BCUT2D eigenvalue weighted by molar-refractivity contribution is 0.0886. The van der Waals surface area contributed by atoms with E-state index >= 15 is 0 Å². The van der Waals surface area contributed by atoms with Gasteiger partial charge in [-0.3, -0.25) is 4.79 Å². The third kappa shape index (κ3) is 4.94. The van der Waals surface area contributed by atoms with E-state index in [0.29, 0.717) is 16.1 Å². The highest BCUT2D eigenvalue weighted by atomic mass is 35.5. The summed E-state index contributed by atoms with van der Waals surface area (Å²) in [5.41, 5.74) is 3.31. The number of rotatable bonds is 7. The molecule has 5 heterocycles. The average Bonchev–Trinajstić information content (AvgIpc) is 3.61. The van der Waals surface area contributed by atoms with Gasteiger partial charge in [0.2, 0.25) is 0 Å². The van der Waals surface area contributed by atoms with Gasteiger partial charge < -0.3 is 20.6 Å². The molecule has 0 aromatic carbocycles. The van der Waals surface area contributed by atoms with E-state index in [0.717, 1.165) is 61.4 Å². The van der Waals surface area contributed by atoms with Crippen molar-refractivity contribution in [1.29, 1.82) is 5.26 Å². The van der Waals surface area contributed by atoms with Gasteiger partial charge in [0, 0.05) is 42.1 Å². The molecule has 0 spiro atoms. The average molecular weight is 557 g/mol. The van der Waals surface area contributed by atoms with E-state index in [-0.39, 0.29) is 29.3 Å². The standard InChI is InChI=1S/C29H29ClN8O2/c1-28(36-27(40)25-23(30)3-2-10-32-25)8-11-37(12-9-28)24-5-4-19(15-33-24)22-13-21(35-29(18-39)6-7-29)17-38-26(22)20(14-31)16-34-38/h2-5,10,13,15-17,35,39H,6-9,11-12,18H2,1H3,(H,36,40). The zero-order valence-corrected chi connectivity index (χ0v) is 22.8. The van der Waals surface area contributed by atoms with Crippen LogP contribution in [0.1, 0.15) is 48.7 Å². The molecule has 10 nitrogen and oxygen atoms in total. The van der Waals surface area contributed by atoms with Crippen LogP contribution in [-0.2, 0) is 0 Å². The number of hydrogen-bond donors (Lipinski definition) is 3. The molecule has 3 N–H and O–H groups in total. The molecule has 4 aromatic heterocycles. The number of carbonyl (C=O) groups is 1. The number of amides is 1. The number of nitrogens with zero attached hydrogens (tertiary/aromatic N) is 6. The Labute approximate surface area is 236 Å². The van der Waals surface area contributed by atoms with Crippen molar-refractivity contribution in [1.82, 2.24) is 24.9 Å². The number of aliphatic hydroxyl groups is 1. The SMILES string of the molecule is CC1(NC(=O)c2ncccc2Cl)CCN(c2ccc(-c3cc(NC4(CO)CC4)cn4ncc(C#N)c34)cn2)CC1. The van der Waals surface area contributed by atoms with E-state index in [1.165, 1.54) is 0 Å². The predicted octanol–water partition coefficient (Wildman–Crippen LogP) is 4.04. The third-order valence-electron chi connectivity index (χ3n) is 7.94. The Morgan fingerprint density at radius 1 is 1.18 bits per heavy atom. The predicted molar refractivity (Wildman–Crippen MR) is 152 cm³/mol. The van der Waals surface area contributed by atoms with Crippen LogP contribution in [0.5, 0.6) is 0 Å². The molecule has 1 saturated carbocycles. The highest BCUT2D eigenvalue weighted by Crippen LogP contribution is 2.40. The maximum atomic E-state index is 12.8. The summed E-state index contributed by atoms with van der Waals surface area (Å²) in [4.78, 5) is 23.9. The van der Waals surface area contributed by atoms with E-state index in [4.69, 9.17) is 16.6 Å². The maximum absolute atomic E-state index is 12.8. The van der Waals surface area contributed by atoms with Crippen molar-refractivity contribution in [3.63, 3.8) is 0 Å². The summed E-state index contributed by atoms with van der Waals surface area (Å²) in [5, 5.41) is 30.7. The number of hydrogen-bond acceptors (Lipinski definition) is 8. The van der Waals surface area contributed by atoms with E-state index in [2.05, 4.69) is 31.7 Å². The minimum atomic E-state index is -0.378. The van der Waals surface area contributed by atoms with Gasteiger partial charge in [0.05, 0.1) is 46.3 Å². The first-order valence-electron chi connectivity index (χ1n) is 13.3. The lowest BCUT2D eigenvalue weighted by Crippen LogP contribution is -2.53. The number of carbonyl (C=O) groups excluding carboxylic acids is 1. The Balaban J connectivity index is 1.19. The molecule has 6 rings (SSSR count). The molecule has 1 amide bonds. The first-order chi connectivity index (χ1) is 19.3. The van der Waals surface area contributed by atoms with Crippen molar-refractivity contribution < 1.29 is 9.90 Å². The highest BCUT2D eigenvalue weighted by Gasteiger charge is 2.42. The van der Waals surface area contributed by atoms with E-state index in [1.807, 2.05) is 37.5 Å². The van der Waals surface area contributed by atoms with Crippen LogP contribution in [0.4, 0.5) is 11.5 Å². The number of nitriles is 1. The summed E-state index contributed by atoms with van der Waals surface area (Å²) < 4.78 is 1.70. The van der Waals surface area contributed by atoms with Crippen LogP contribution in [0.3, 0.4) is 0 Å². The van der Waals surface area contributed by atoms with Gasteiger partial charge in [0.15, 0.2) is 0 Å². The van der Waals surface area contributed by atoms with E-state index in [1.54, 1.807) is 29.0 Å². The van der Waals surface area contributed by atoms with E-state index < -0.39 is 0 Å². The molecule has 1 aliphatic heterocycles. The summed E-state index contributed by atoms with van der Waals surface area (Å²) in [5.74, 6) is 0.580. The minimum absolute atomic E-state index is 0.0641. The Bertz CT molecular complexity index is 1620. The zero-order chi connectivity index (χ0) is 27.9. The topological polar surface area (TPSA) is 131 Å². The second-order valence-corrected chi connectivity index (χ2v) is 11.3. The van der Waals surface area contributed by atoms with Crippen molar-refractivity contribution in [3.8, 4) is 17.2 Å². The molecular weight excluding hydrogens is 528 g/mol. The molecule has 204 valence electrons. The van der Waals surface area contributed by atoms with Gasteiger partial charge in [-0.05, 0) is 62.9 Å². The maximum Gasteiger partial charge on any atom is 0.271 e. The number of fused-ring (bicyclic) bond motifs is 1. The number of halogens is 1. The molecule has 1 aliphatic carbocycles. The molecule has 2 aliphatic rings. The largest absolute Gasteiger partial charge is 0.394 e. The lowest BCUT2D eigenvalue weighted by Gasteiger charge is -2.40. The van der Waals surface area contributed by atoms with Crippen LogP contribution in [-0.4, -0.2) is 61.4 Å². The van der Waals surface area contributed by atoms with Crippen molar-refractivity contribution >= 4 is 34.5 Å². The van der Waals surface area contributed by atoms with Crippen molar-refractivity contribution in [2.45, 2.75) is 43.7 Å². The van der Waals surface area contributed by atoms with Gasteiger partial charge in [-0.1, -0.05) is 11.6 Å². The molecule has 2 fully saturated rings. The summed E-state index contributed by atoms with van der Waals surface area (Å²) in [6.45, 7) is 3.57. The minimum Gasteiger partial charge on any atom is -0.394 e. The fourth-order valence-electron chi connectivity index (χ4n) is 5.24. The zero-order valence-electron chi connectivity index (χ0n) is 22.1. The molecule has 0 unspecified atom stereocenters. The van der Waals surface area contributed by atoms with Gasteiger partial charge in [0.1, 0.15) is 17.6 Å². The van der Waals surface area contributed by atoms with Gasteiger partial charge in [-0.2, -0.15) is 10.4 Å². The molecule has 40 heavy (non-hydrogen) atoms. The molecule has 1 saturated heterocycles. The highest BCUT2D eigenvalue weighted by molar-refractivity contribution is 6.33. The van der Waals surface area contributed by atoms with Crippen LogP contribution in [0.2, 0.25) is 5.02 Å². The molecule has 4 aromatic rings. The summed E-state index contributed by atoms with van der Waals surface area (Å²) >= 11 is 6.16. The lowest BCUT2D eigenvalue weighted by atomic mass is 9.89. The van der Waals surface area contributed by atoms with Crippen molar-refractivity contribution in [3.05, 3.63) is 71.4 Å². The first kappa shape index (κ1) is 26.0. The van der Waals surface area contributed by atoms with Gasteiger partial charge in [-0.15, -0.1) is 0 Å². The number of pyridine rings is 3. The molecular formula is C29H29ClN8O2. The van der Waals surface area contributed by atoms with Gasteiger partial charge >= 0.3 is 0 Å². The molecule has 11 heteroatoms. The first-order valence-corrected chi connectivity index (χ1v) is 13.6. The van der Waals surface area contributed by atoms with Crippen molar-refractivity contribution in [2.24, 2.45) is 0 Å². The molecule has 0 atom stereocenters. The normalized spacial score (nSPS) is 17.3. The Morgan fingerprint density at radius 3 is 2.62 bits per heavy atom. The third-order valence-corrected chi connectivity index (χ3v) is 8.24. The number of piperidine rings is 1. The van der Waals surface area contributed by atoms with Gasteiger partial charge in [-0.25, -0.2) is 14.5 Å². The Hall–Kier alpha value is -4.20. The molecule has 0 bridgehead atoms. The van der Waals surface area contributed by atoms with Crippen LogP contribution in [0, 0.1) is 11.3 Å². The monoisotopic (exact) mass is 556 g/mol. The Kier molecular flexibility index (Phi) is 6.56. The number of aromatic nitrogens is 4. The van der Waals surface area contributed by atoms with Crippen molar-refractivity contribution in [2.75, 3.05) is 29.9 Å². The van der Waals surface area contributed by atoms with E-state index in [9.17, 15) is 15.2 Å². The summed E-state index contributed by atoms with van der Waals surface area (Å²) in [6.07, 6.45) is 10.1. The van der Waals surface area contributed by atoms with Crippen LogP contribution in [0.25, 0.3) is 16.6 Å². The second-order valence-electron chi connectivity index (χ2n) is 10.9. The smallest absolute Gasteiger partial charge is 0.271 e. The molecule has 0 radical (unpaired) electrons. The summed E-state index contributed by atoms with van der Waals surface area (Å²) in [6, 6.07) is 11.6. The van der Waals surface area contributed by atoms with Crippen LogP contribution < -0.4 is 15.5 Å². The van der Waals surface area contributed by atoms with Crippen LogP contribution in [0.15, 0.2) is 55.1 Å². The number of nitrogens with one attached hydrogen (secondary N) is 2. The number of aliphatic hydroxyl groups excluding tert-OH is 1. The fourth-order valence-corrected chi connectivity index (χ4v) is 5.45. The second kappa shape index (κ2) is 10.1. The fraction of sp³-hybridized carbons (Fsp3) is 0.345.